The highest BCUT2D eigenvalue weighted by molar-refractivity contribution is 5.28. The number of hydrogen-bond donors (Lipinski definition) is 2. The van der Waals surface area contributed by atoms with Gasteiger partial charge in [-0.2, -0.15) is 0 Å². The molecule has 2 aliphatic heterocycles. The lowest BCUT2D eigenvalue weighted by Gasteiger charge is -2.15. The van der Waals surface area contributed by atoms with E-state index in [0.29, 0.717) is 0 Å². The normalized spacial score (nSPS) is 19.2. The van der Waals surface area contributed by atoms with E-state index < -0.39 is 0 Å². The molecule has 1 aromatic rings. The zero-order valence-electron chi connectivity index (χ0n) is 9.67. The van der Waals surface area contributed by atoms with Crippen LogP contribution in [0.4, 0.5) is 0 Å². The lowest BCUT2D eigenvalue weighted by atomic mass is 10.0. The minimum atomic E-state index is 0.889. The van der Waals surface area contributed by atoms with Gasteiger partial charge in [-0.3, -0.25) is 0 Å². The van der Waals surface area contributed by atoms with Gasteiger partial charge in [-0.15, -0.1) is 0 Å². The molecule has 0 radical (unpaired) electrons. The zero-order valence-corrected chi connectivity index (χ0v) is 9.67. The SMILES string of the molecule is C1COCCN1.c1ccc2c(c1)CCNC2. The van der Waals surface area contributed by atoms with Gasteiger partial charge in [0.05, 0.1) is 13.2 Å². The van der Waals surface area contributed by atoms with Crippen LogP contribution in [0, 0.1) is 0 Å². The third-order valence-electron chi connectivity index (χ3n) is 2.85. The summed E-state index contributed by atoms with van der Waals surface area (Å²) >= 11 is 0. The zero-order chi connectivity index (χ0) is 11.1. The maximum atomic E-state index is 5.01. The van der Waals surface area contributed by atoms with Gasteiger partial charge in [-0.25, -0.2) is 0 Å². The number of nitrogens with one attached hydrogen (secondary N) is 2. The Morgan fingerprint density at radius 3 is 2.19 bits per heavy atom. The van der Waals surface area contributed by atoms with E-state index in [0.717, 1.165) is 39.4 Å². The molecule has 2 aliphatic rings. The number of morpholine rings is 1. The third kappa shape index (κ3) is 3.59. The predicted octanol–water partition coefficient (Wildman–Crippen LogP) is 0.938. The average Bonchev–Trinajstić information content (AvgIpc) is 2.42. The Bertz CT molecular complexity index is 274. The summed E-state index contributed by atoms with van der Waals surface area (Å²) in [5.41, 5.74) is 2.98. The van der Waals surface area contributed by atoms with Gasteiger partial charge in [0.15, 0.2) is 0 Å². The Morgan fingerprint density at radius 1 is 0.875 bits per heavy atom. The quantitative estimate of drug-likeness (QED) is 0.682. The van der Waals surface area contributed by atoms with Crippen LogP contribution in [0.1, 0.15) is 11.1 Å². The molecule has 0 spiro atoms. The topological polar surface area (TPSA) is 33.3 Å². The molecule has 2 heterocycles. The van der Waals surface area contributed by atoms with E-state index in [1.807, 2.05) is 0 Å². The molecule has 3 heteroatoms. The van der Waals surface area contributed by atoms with Crippen LogP contribution < -0.4 is 10.6 Å². The smallest absolute Gasteiger partial charge is 0.0591 e. The van der Waals surface area contributed by atoms with Crippen LogP contribution in [-0.4, -0.2) is 32.8 Å². The maximum absolute atomic E-state index is 5.01. The number of ether oxygens (including phenoxy) is 1. The molecule has 2 N–H and O–H groups in total. The molecule has 1 saturated heterocycles. The summed E-state index contributed by atoms with van der Waals surface area (Å²) in [7, 11) is 0. The second-order valence-electron chi connectivity index (χ2n) is 4.06. The van der Waals surface area contributed by atoms with Gasteiger partial charge in [-0.05, 0) is 24.1 Å². The van der Waals surface area contributed by atoms with Gasteiger partial charge in [-0.1, -0.05) is 24.3 Å². The standard InChI is InChI=1S/C9H11N.C4H9NO/c1-2-4-9-7-10-6-5-8(9)3-1;1-3-6-4-2-5-1/h1-4,10H,5-7H2;5H,1-4H2. The summed E-state index contributed by atoms with van der Waals surface area (Å²) in [6.45, 7) is 6.02. The molecular weight excluding hydrogens is 200 g/mol. The van der Waals surface area contributed by atoms with Crippen molar-refractivity contribution in [2.24, 2.45) is 0 Å². The van der Waals surface area contributed by atoms with Crippen LogP contribution in [0.15, 0.2) is 24.3 Å². The number of rotatable bonds is 0. The highest BCUT2D eigenvalue weighted by atomic mass is 16.5. The Balaban J connectivity index is 0.000000138. The summed E-state index contributed by atoms with van der Waals surface area (Å²) in [5, 5.41) is 6.50. The Kier molecular flexibility index (Phi) is 4.80. The van der Waals surface area contributed by atoms with E-state index in [1.165, 1.54) is 17.5 Å². The van der Waals surface area contributed by atoms with Crippen LogP contribution in [0.25, 0.3) is 0 Å². The molecule has 0 atom stereocenters. The molecule has 0 amide bonds. The first-order chi connectivity index (χ1) is 7.97. The van der Waals surface area contributed by atoms with E-state index in [1.54, 1.807) is 0 Å². The molecule has 16 heavy (non-hydrogen) atoms. The lowest BCUT2D eigenvalue weighted by Crippen LogP contribution is -2.30. The Morgan fingerprint density at radius 2 is 1.62 bits per heavy atom. The molecule has 0 bridgehead atoms. The second kappa shape index (κ2) is 6.63. The van der Waals surface area contributed by atoms with E-state index in [-0.39, 0.29) is 0 Å². The number of hydrogen-bond acceptors (Lipinski definition) is 3. The predicted molar refractivity (Wildman–Crippen MR) is 65.5 cm³/mol. The van der Waals surface area contributed by atoms with Gasteiger partial charge < -0.3 is 15.4 Å². The van der Waals surface area contributed by atoms with Crippen LogP contribution in [0.5, 0.6) is 0 Å². The summed E-state index contributed by atoms with van der Waals surface area (Å²) in [5.74, 6) is 0. The Hall–Kier alpha value is -0.900. The minimum Gasteiger partial charge on any atom is -0.379 e. The van der Waals surface area contributed by atoms with Gasteiger partial charge in [0.25, 0.3) is 0 Å². The summed E-state index contributed by atoms with van der Waals surface area (Å²) in [4.78, 5) is 0. The minimum absolute atomic E-state index is 0.889. The van der Waals surface area contributed by atoms with Crippen molar-refractivity contribution in [1.29, 1.82) is 0 Å². The maximum Gasteiger partial charge on any atom is 0.0591 e. The van der Waals surface area contributed by atoms with Crippen molar-refractivity contribution in [2.75, 3.05) is 32.8 Å². The van der Waals surface area contributed by atoms with Crippen molar-refractivity contribution in [1.82, 2.24) is 10.6 Å². The Labute approximate surface area is 97.2 Å². The summed E-state index contributed by atoms with van der Waals surface area (Å²) < 4.78 is 5.01. The molecule has 3 nitrogen and oxygen atoms in total. The molecule has 0 unspecified atom stereocenters. The molecule has 1 fully saturated rings. The number of benzene rings is 1. The van der Waals surface area contributed by atoms with Crippen molar-refractivity contribution < 1.29 is 4.74 Å². The molecule has 1 aromatic carbocycles. The highest BCUT2D eigenvalue weighted by Crippen LogP contribution is 2.11. The fourth-order valence-electron chi connectivity index (χ4n) is 1.94. The van der Waals surface area contributed by atoms with Crippen LogP contribution >= 0.6 is 0 Å². The van der Waals surface area contributed by atoms with Crippen LogP contribution in [0.2, 0.25) is 0 Å². The first-order valence-electron chi connectivity index (χ1n) is 6.03. The molecule has 0 aromatic heterocycles. The van der Waals surface area contributed by atoms with Crippen molar-refractivity contribution in [3.8, 4) is 0 Å². The second-order valence-corrected chi connectivity index (χ2v) is 4.06. The average molecular weight is 220 g/mol. The number of fused-ring (bicyclic) bond motifs is 1. The van der Waals surface area contributed by atoms with E-state index >= 15 is 0 Å². The summed E-state index contributed by atoms with van der Waals surface area (Å²) in [6.07, 6.45) is 1.19. The molecular formula is C13H20N2O. The van der Waals surface area contributed by atoms with Gasteiger partial charge in [0.2, 0.25) is 0 Å². The molecule has 0 aliphatic carbocycles. The van der Waals surface area contributed by atoms with Crippen molar-refractivity contribution in [2.45, 2.75) is 13.0 Å². The molecule has 88 valence electrons. The van der Waals surface area contributed by atoms with E-state index in [4.69, 9.17) is 4.74 Å². The molecule has 3 rings (SSSR count). The summed E-state index contributed by atoms with van der Waals surface area (Å²) in [6, 6.07) is 8.63. The van der Waals surface area contributed by atoms with Crippen LogP contribution in [-0.2, 0) is 17.7 Å². The fourth-order valence-corrected chi connectivity index (χ4v) is 1.94. The first kappa shape index (κ1) is 11.6. The van der Waals surface area contributed by atoms with Crippen molar-refractivity contribution in [3.63, 3.8) is 0 Å². The first-order valence-corrected chi connectivity index (χ1v) is 6.03. The largest absolute Gasteiger partial charge is 0.379 e. The van der Waals surface area contributed by atoms with E-state index in [9.17, 15) is 0 Å². The van der Waals surface area contributed by atoms with Crippen molar-refractivity contribution in [3.05, 3.63) is 35.4 Å². The molecule has 0 saturated carbocycles. The fraction of sp³-hybridized carbons (Fsp3) is 0.538. The van der Waals surface area contributed by atoms with Gasteiger partial charge in [0.1, 0.15) is 0 Å². The third-order valence-corrected chi connectivity index (χ3v) is 2.85. The highest BCUT2D eigenvalue weighted by Gasteiger charge is 2.05. The monoisotopic (exact) mass is 220 g/mol. The van der Waals surface area contributed by atoms with Crippen molar-refractivity contribution >= 4 is 0 Å². The lowest BCUT2D eigenvalue weighted by molar-refractivity contribution is 0.109. The van der Waals surface area contributed by atoms with Gasteiger partial charge >= 0.3 is 0 Å². The van der Waals surface area contributed by atoms with Crippen LogP contribution in [0.3, 0.4) is 0 Å². The van der Waals surface area contributed by atoms with E-state index in [2.05, 4.69) is 34.9 Å². The van der Waals surface area contributed by atoms with Gasteiger partial charge in [0, 0.05) is 19.6 Å².